The van der Waals surface area contributed by atoms with Crippen LogP contribution in [0.3, 0.4) is 0 Å². The van der Waals surface area contributed by atoms with Crippen molar-refractivity contribution >= 4 is 11.0 Å². The van der Waals surface area contributed by atoms with E-state index >= 15 is 0 Å². The van der Waals surface area contributed by atoms with Crippen molar-refractivity contribution in [1.82, 2.24) is 20.2 Å². The summed E-state index contributed by atoms with van der Waals surface area (Å²) in [7, 11) is 2.19. The molecular weight excluding hydrogens is 372 g/mol. The van der Waals surface area contributed by atoms with Gasteiger partial charge in [0.25, 0.3) is 0 Å². The molecule has 0 saturated carbocycles. The van der Waals surface area contributed by atoms with E-state index in [1.165, 1.54) is 5.56 Å². The third-order valence-corrected chi connectivity index (χ3v) is 5.81. The summed E-state index contributed by atoms with van der Waals surface area (Å²) in [6, 6.07) is 17.1. The van der Waals surface area contributed by atoms with Crippen molar-refractivity contribution in [2.24, 2.45) is 0 Å². The molecule has 1 unspecified atom stereocenters. The first kappa shape index (κ1) is 20.6. The maximum atomic E-state index is 5.98. The lowest BCUT2D eigenvalue weighted by atomic mass is 10.0. The molecular formula is C25H32N4O. The van der Waals surface area contributed by atoms with Crippen LogP contribution in [0.25, 0.3) is 11.0 Å². The molecule has 0 radical (unpaired) electrons. The van der Waals surface area contributed by atoms with Gasteiger partial charge in [-0.2, -0.15) is 0 Å². The summed E-state index contributed by atoms with van der Waals surface area (Å²) >= 11 is 0. The van der Waals surface area contributed by atoms with Crippen molar-refractivity contribution in [1.29, 1.82) is 0 Å². The summed E-state index contributed by atoms with van der Waals surface area (Å²) in [6.45, 7) is 6.72. The van der Waals surface area contributed by atoms with Crippen molar-refractivity contribution in [2.45, 2.75) is 37.8 Å². The Morgan fingerprint density at radius 1 is 1.23 bits per heavy atom. The number of fused-ring (bicyclic) bond motifs is 1. The molecule has 0 spiro atoms. The fraction of sp³-hybridized carbons (Fsp3) is 0.400. The van der Waals surface area contributed by atoms with E-state index in [0.717, 1.165) is 61.4 Å². The van der Waals surface area contributed by atoms with Gasteiger partial charge in [0.15, 0.2) is 0 Å². The molecule has 0 aliphatic carbocycles. The lowest BCUT2D eigenvalue weighted by Crippen LogP contribution is -2.42. The number of imidazole rings is 1. The number of ether oxygens (including phenoxy) is 1. The number of allylic oxidation sites excluding steroid dienone is 1. The minimum Gasteiger partial charge on any atom is -0.494 e. The largest absolute Gasteiger partial charge is 0.494 e. The van der Waals surface area contributed by atoms with E-state index < -0.39 is 0 Å². The number of H-pyrrole nitrogens is 1. The third-order valence-electron chi connectivity index (χ3n) is 5.81. The summed E-state index contributed by atoms with van der Waals surface area (Å²) in [4.78, 5) is 10.8. The van der Waals surface area contributed by atoms with Gasteiger partial charge in [-0.3, -0.25) is 0 Å². The topological polar surface area (TPSA) is 53.2 Å². The predicted octanol–water partition coefficient (Wildman–Crippen LogP) is 4.68. The van der Waals surface area contributed by atoms with Crippen LogP contribution < -0.4 is 10.1 Å². The number of nitrogens with zero attached hydrogens (tertiary/aromatic N) is 2. The van der Waals surface area contributed by atoms with Crippen molar-refractivity contribution in [3.63, 3.8) is 0 Å². The van der Waals surface area contributed by atoms with E-state index in [-0.39, 0.29) is 6.04 Å². The van der Waals surface area contributed by atoms with Gasteiger partial charge >= 0.3 is 0 Å². The zero-order chi connectivity index (χ0) is 20.8. The van der Waals surface area contributed by atoms with Crippen LogP contribution in [0.2, 0.25) is 0 Å². The lowest BCUT2D eigenvalue weighted by Gasteiger charge is -2.32. The molecule has 5 heteroatoms. The molecule has 1 aliphatic rings. The van der Waals surface area contributed by atoms with Gasteiger partial charge in [0, 0.05) is 6.04 Å². The Bertz CT molecular complexity index is 925. The average Bonchev–Trinajstić information content (AvgIpc) is 3.20. The van der Waals surface area contributed by atoms with Gasteiger partial charge in [0.1, 0.15) is 11.6 Å². The summed E-state index contributed by atoms with van der Waals surface area (Å²) in [6.07, 6.45) is 6.17. The Morgan fingerprint density at radius 2 is 2.07 bits per heavy atom. The minimum atomic E-state index is 0.00234. The third kappa shape index (κ3) is 5.10. The number of para-hydroxylation sites is 2. The van der Waals surface area contributed by atoms with Gasteiger partial charge in [-0.1, -0.05) is 30.3 Å². The molecule has 4 rings (SSSR count). The number of unbranched alkanes of at least 4 members (excludes halogenated alkanes) is 1. The van der Waals surface area contributed by atoms with Crippen LogP contribution in [-0.2, 0) is 0 Å². The first-order valence-electron chi connectivity index (χ1n) is 11.0. The van der Waals surface area contributed by atoms with Crippen LogP contribution in [0.15, 0.2) is 61.2 Å². The van der Waals surface area contributed by atoms with Crippen LogP contribution in [0.5, 0.6) is 5.75 Å². The first-order chi connectivity index (χ1) is 14.7. The van der Waals surface area contributed by atoms with Crippen LogP contribution in [0, 0.1) is 0 Å². The molecule has 5 nitrogen and oxygen atoms in total. The maximum Gasteiger partial charge on any atom is 0.129 e. The molecule has 0 amide bonds. The van der Waals surface area contributed by atoms with Crippen LogP contribution in [0.1, 0.15) is 43.1 Å². The van der Waals surface area contributed by atoms with E-state index in [1.807, 2.05) is 24.3 Å². The van der Waals surface area contributed by atoms with E-state index in [9.17, 15) is 0 Å². The summed E-state index contributed by atoms with van der Waals surface area (Å²) in [5.74, 6) is 1.86. The van der Waals surface area contributed by atoms with Gasteiger partial charge in [0.2, 0.25) is 0 Å². The molecule has 0 bridgehead atoms. The second kappa shape index (κ2) is 9.92. The van der Waals surface area contributed by atoms with E-state index in [4.69, 9.17) is 9.72 Å². The van der Waals surface area contributed by atoms with Crippen molar-refractivity contribution < 1.29 is 4.74 Å². The SMILES string of the molecule is C=CCCCOc1cccc(C(NC2CCN(C)CC2)c2nc3ccccc3[nH]2)c1. The van der Waals surface area contributed by atoms with E-state index in [0.29, 0.717) is 12.6 Å². The monoisotopic (exact) mass is 404 g/mol. The molecule has 2 aromatic carbocycles. The van der Waals surface area contributed by atoms with Gasteiger partial charge in [-0.25, -0.2) is 4.98 Å². The van der Waals surface area contributed by atoms with Gasteiger partial charge in [0.05, 0.1) is 23.7 Å². The Labute approximate surface area is 179 Å². The second-order valence-corrected chi connectivity index (χ2v) is 8.17. The maximum absolute atomic E-state index is 5.98. The highest BCUT2D eigenvalue weighted by Crippen LogP contribution is 2.27. The van der Waals surface area contributed by atoms with Crippen LogP contribution >= 0.6 is 0 Å². The van der Waals surface area contributed by atoms with Crippen molar-refractivity contribution in [3.8, 4) is 5.75 Å². The highest BCUT2D eigenvalue weighted by molar-refractivity contribution is 5.75. The molecule has 30 heavy (non-hydrogen) atoms. The van der Waals surface area contributed by atoms with Gasteiger partial charge in [-0.05, 0) is 75.6 Å². The Kier molecular flexibility index (Phi) is 6.82. The molecule has 1 saturated heterocycles. The Balaban J connectivity index is 1.58. The number of aromatic nitrogens is 2. The molecule has 158 valence electrons. The molecule has 1 aliphatic heterocycles. The molecule has 1 atom stereocenters. The second-order valence-electron chi connectivity index (χ2n) is 8.17. The smallest absolute Gasteiger partial charge is 0.129 e. The van der Waals surface area contributed by atoms with Crippen molar-refractivity contribution in [3.05, 3.63) is 72.6 Å². The van der Waals surface area contributed by atoms with Gasteiger partial charge in [-0.15, -0.1) is 6.58 Å². The number of piperidine rings is 1. The fourth-order valence-corrected chi connectivity index (χ4v) is 4.05. The molecule has 2 heterocycles. The fourth-order valence-electron chi connectivity index (χ4n) is 4.05. The summed E-state index contributed by atoms with van der Waals surface area (Å²) in [5, 5.41) is 3.88. The number of rotatable bonds is 9. The first-order valence-corrected chi connectivity index (χ1v) is 11.0. The zero-order valence-electron chi connectivity index (χ0n) is 17.8. The summed E-state index contributed by atoms with van der Waals surface area (Å²) in [5.41, 5.74) is 3.24. The lowest BCUT2D eigenvalue weighted by molar-refractivity contribution is 0.228. The molecule has 3 aromatic rings. The number of benzene rings is 2. The molecule has 1 fully saturated rings. The van der Waals surface area contributed by atoms with Crippen molar-refractivity contribution in [2.75, 3.05) is 26.7 Å². The predicted molar refractivity (Wildman–Crippen MR) is 123 cm³/mol. The highest BCUT2D eigenvalue weighted by atomic mass is 16.5. The molecule has 2 N–H and O–H groups in total. The number of likely N-dealkylation sites (tertiary alicyclic amines) is 1. The van der Waals surface area contributed by atoms with Crippen LogP contribution in [0.4, 0.5) is 0 Å². The van der Waals surface area contributed by atoms with Crippen LogP contribution in [-0.4, -0.2) is 47.7 Å². The standard InChI is InChI=1S/C25H32N4O/c1-3-4-7-17-30-21-10-8-9-19(18-21)24(26-20-13-15-29(2)16-14-20)25-27-22-11-5-6-12-23(22)28-25/h3,5-6,8-12,18,20,24,26H,1,4,7,13-17H2,2H3,(H,27,28). The average molecular weight is 405 g/mol. The van der Waals surface area contributed by atoms with E-state index in [2.05, 4.69) is 59.2 Å². The Hall–Kier alpha value is -2.63. The minimum absolute atomic E-state index is 0.00234. The van der Waals surface area contributed by atoms with E-state index in [1.54, 1.807) is 0 Å². The normalized spacial score (nSPS) is 16.6. The molecule has 1 aromatic heterocycles. The number of aromatic amines is 1. The Morgan fingerprint density at radius 3 is 2.87 bits per heavy atom. The number of hydrogen-bond donors (Lipinski definition) is 2. The quantitative estimate of drug-likeness (QED) is 0.402. The highest BCUT2D eigenvalue weighted by Gasteiger charge is 2.24. The number of hydrogen-bond acceptors (Lipinski definition) is 4. The summed E-state index contributed by atoms with van der Waals surface area (Å²) < 4.78 is 5.98. The van der Waals surface area contributed by atoms with Gasteiger partial charge < -0.3 is 19.9 Å². The zero-order valence-corrected chi connectivity index (χ0v) is 17.8. The number of nitrogens with one attached hydrogen (secondary N) is 2.